The minimum Gasteiger partial charge on any atom is -0.271 e. The number of hydrazine groups is 1. The lowest BCUT2D eigenvalue weighted by Crippen LogP contribution is -2.41. The lowest BCUT2D eigenvalue weighted by molar-refractivity contribution is 0.348. The molecule has 1 aliphatic rings. The Bertz CT molecular complexity index is 358. The first kappa shape index (κ1) is 13.6. The summed E-state index contributed by atoms with van der Waals surface area (Å²) in [6.07, 6.45) is 6.43. The third kappa shape index (κ3) is 3.33. The number of hydrogen-bond acceptors (Lipinski definition) is 2. The Morgan fingerprint density at radius 3 is 2.56 bits per heavy atom. The lowest BCUT2D eigenvalue weighted by Gasteiger charge is -2.23. The molecule has 1 aromatic carbocycles. The molecule has 1 aliphatic carbocycles. The van der Waals surface area contributed by atoms with Gasteiger partial charge < -0.3 is 0 Å². The van der Waals surface area contributed by atoms with Crippen molar-refractivity contribution in [3.63, 3.8) is 0 Å². The van der Waals surface area contributed by atoms with E-state index in [1.165, 1.54) is 36.8 Å². The molecule has 0 saturated heterocycles. The van der Waals surface area contributed by atoms with E-state index in [2.05, 4.69) is 43.5 Å². The van der Waals surface area contributed by atoms with E-state index < -0.39 is 0 Å². The Hall–Kier alpha value is -0.860. The topological polar surface area (TPSA) is 38.0 Å². The van der Waals surface area contributed by atoms with Gasteiger partial charge in [0.1, 0.15) is 0 Å². The van der Waals surface area contributed by atoms with Gasteiger partial charge in [0.15, 0.2) is 0 Å². The summed E-state index contributed by atoms with van der Waals surface area (Å²) in [5, 5.41) is 0. The van der Waals surface area contributed by atoms with Gasteiger partial charge in [0.05, 0.1) is 0 Å². The number of rotatable bonds is 5. The van der Waals surface area contributed by atoms with Crippen LogP contribution < -0.4 is 11.3 Å². The fraction of sp³-hybridized carbons (Fsp3) is 0.625. The van der Waals surface area contributed by atoms with Crippen LogP contribution in [-0.4, -0.2) is 6.04 Å². The fourth-order valence-electron chi connectivity index (χ4n) is 3.19. The number of benzene rings is 1. The van der Waals surface area contributed by atoms with Gasteiger partial charge in [-0.05, 0) is 43.6 Å². The van der Waals surface area contributed by atoms with Crippen LogP contribution in [-0.2, 0) is 6.42 Å². The first-order valence-electron chi connectivity index (χ1n) is 7.24. The van der Waals surface area contributed by atoms with E-state index >= 15 is 0 Å². The number of hydrogen-bond donors (Lipinski definition) is 2. The van der Waals surface area contributed by atoms with Crippen LogP contribution in [0.5, 0.6) is 0 Å². The second-order valence-corrected chi connectivity index (χ2v) is 5.81. The van der Waals surface area contributed by atoms with Gasteiger partial charge in [-0.15, -0.1) is 0 Å². The molecule has 1 fully saturated rings. The maximum Gasteiger partial charge on any atom is 0.0279 e. The predicted molar refractivity (Wildman–Crippen MR) is 77.1 cm³/mol. The molecule has 1 aromatic rings. The Balaban J connectivity index is 1.95. The molecule has 0 bridgehead atoms. The minimum atomic E-state index is 0.434. The molecule has 0 aromatic heterocycles. The molecule has 3 N–H and O–H groups in total. The van der Waals surface area contributed by atoms with Crippen molar-refractivity contribution < 1.29 is 0 Å². The summed E-state index contributed by atoms with van der Waals surface area (Å²) in [6.45, 7) is 4.43. The molecule has 100 valence electrons. The van der Waals surface area contributed by atoms with Gasteiger partial charge in [-0.2, -0.15) is 0 Å². The zero-order valence-corrected chi connectivity index (χ0v) is 11.7. The van der Waals surface area contributed by atoms with Crippen molar-refractivity contribution in [3.8, 4) is 0 Å². The average molecular weight is 246 g/mol. The van der Waals surface area contributed by atoms with Gasteiger partial charge >= 0.3 is 0 Å². The lowest BCUT2D eigenvalue weighted by atomic mass is 9.91. The number of nitrogens with two attached hydrogens (primary N) is 1. The Kier molecular flexibility index (Phi) is 4.79. The Labute approximate surface area is 111 Å². The fourth-order valence-corrected chi connectivity index (χ4v) is 3.19. The van der Waals surface area contributed by atoms with Crippen LogP contribution in [0, 0.1) is 18.8 Å². The van der Waals surface area contributed by atoms with Crippen molar-refractivity contribution in [2.24, 2.45) is 17.7 Å². The molecule has 3 atom stereocenters. The van der Waals surface area contributed by atoms with Gasteiger partial charge in [-0.25, -0.2) is 0 Å². The quantitative estimate of drug-likeness (QED) is 0.618. The second-order valence-electron chi connectivity index (χ2n) is 5.81. The molecule has 0 aliphatic heterocycles. The van der Waals surface area contributed by atoms with E-state index in [1.54, 1.807) is 0 Å². The van der Waals surface area contributed by atoms with Gasteiger partial charge in [0.25, 0.3) is 0 Å². The summed E-state index contributed by atoms with van der Waals surface area (Å²) in [4.78, 5) is 0. The van der Waals surface area contributed by atoms with Crippen LogP contribution in [0.4, 0.5) is 0 Å². The summed E-state index contributed by atoms with van der Waals surface area (Å²) in [7, 11) is 0. The standard InChI is InChI=1S/C16H26N2/c1-3-13-8-9-15(10-13)16(18-17)11-14-6-4-12(2)5-7-14/h4-7,13,15-16,18H,3,8-11,17H2,1-2H3. The zero-order valence-electron chi connectivity index (χ0n) is 11.7. The molecule has 1 saturated carbocycles. The normalized spacial score (nSPS) is 25.3. The Morgan fingerprint density at radius 2 is 2.00 bits per heavy atom. The molecular weight excluding hydrogens is 220 g/mol. The largest absolute Gasteiger partial charge is 0.271 e. The van der Waals surface area contributed by atoms with Crippen LogP contribution in [0.2, 0.25) is 0 Å². The second kappa shape index (κ2) is 6.35. The summed E-state index contributed by atoms with van der Waals surface area (Å²) < 4.78 is 0. The molecular formula is C16H26N2. The van der Waals surface area contributed by atoms with E-state index in [1.807, 2.05) is 0 Å². The maximum atomic E-state index is 5.77. The summed E-state index contributed by atoms with van der Waals surface area (Å²) in [5.74, 6) is 7.44. The number of aryl methyl sites for hydroxylation is 1. The summed E-state index contributed by atoms with van der Waals surface area (Å²) in [6, 6.07) is 9.26. The van der Waals surface area contributed by atoms with E-state index in [0.717, 1.165) is 18.3 Å². The smallest absolute Gasteiger partial charge is 0.0279 e. The summed E-state index contributed by atoms with van der Waals surface area (Å²) in [5.41, 5.74) is 5.77. The van der Waals surface area contributed by atoms with E-state index in [4.69, 9.17) is 5.84 Å². The van der Waals surface area contributed by atoms with Crippen LogP contribution in [0.3, 0.4) is 0 Å². The molecule has 2 heteroatoms. The molecule has 2 nitrogen and oxygen atoms in total. The highest BCUT2D eigenvalue weighted by Gasteiger charge is 2.29. The molecule has 0 radical (unpaired) electrons. The van der Waals surface area contributed by atoms with E-state index in [-0.39, 0.29) is 0 Å². The molecule has 18 heavy (non-hydrogen) atoms. The highest BCUT2D eigenvalue weighted by atomic mass is 15.2. The average Bonchev–Trinajstić information content (AvgIpc) is 2.87. The highest BCUT2D eigenvalue weighted by Crippen LogP contribution is 2.35. The molecule has 0 heterocycles. The number of nitrogens with one attached hydrogen (secondary N) is 1. The first-order valence-corrected chi connectivity index (χ1v) is 7.24. The van der Waals surface area contributed by atoms with Crippen LogP contribution in [0.1, 0.15) is 43.7 Å². The van der Waals surface area contributed by atoms with Crippen molar-refractivity contribution in [1.29, 1.82) is 0 Å². The van der Waals surface area contributed by atoms with Gasteiger partial charge in [-0.1, -0.05) is 49.6 Å². The molecule has 2 rings (SSSR count). The van der Waals surface area contributed by atoms with Crippen molar-refractivity contribution >= 4 is 0 Å². The zero-order chi connectivity index (χ0) is 13.0. The third-order valence-electron chi connectivity index (χ3n) is 4.52. The van der Waals surface area contributed by atoms with Crippen LogP contribution in [0.15, 0.2) is 24.3 Å². The first-order chi connectivity index (χ1) is 8.72. The van der Waals surface area contributed by atoms with E-state index in [9.17, 15) is 0 Å². The van der Waals surface area contributed by atoms with Crippen molar-refractivity contribution in [2.75, 3.05) is 0 Å². The SMILES string of the molecule is CCC1CCC(C(Cc2ccc(C)cc2)NN)C1. The molecule has 3 unspecified atom stereocenters. The van der Waals surface area contributed by atoms with Crippen LogP contribution in [0.25, 0.3) is 0 Å². The predicted octanol–water partition coefficient (Wildman–Crippen LogP) is 3.20. The van der Waals surface area contributed by atoms with Crippen molar-refractivity contribution in [3.05, 3.63) is 35.4 Å². The van der Waals surface area contributed by atoms with Gasteiger partial charge in [0, 0.05) is 6.04 Å². The van der Waals surface area contributed by atoms with Crippen LogP contribution >= 0.6 is 0 Å². The molecule has 0 spiro atoms. The van der Waals surface area contributed by atoms with E-state index in [0.29, 0.717) is 6.04 Å². The highest BCUT2D eigenvalue weighted by molar-refractivity contribution is 5.22. The minimum absolute atomic E-state index is 0.434. The van der Waals surface area contributed by atoms with Gasteiger partial charge in [-0.3, -0.25) is 11.3 Å². The monoisotopic (exact) mass is 246 g/mol. The van der Waals surface area contributed by atoms with Crippen molar-refractivity contribution in [2.45, 2.75) is 52.0 Å². The van der Waals surface area contributed by atoms with Gasteiger partial charge in [0.2, 0.25) is 0 Å². The third-order valence-corrected chi connectivity index (χ3v) is 4.52. The summed E-state index contributed by atoms with van der Waals surface area (Å²) >= 11 is 0. The molecule has 0 amide bonds. The maximum absolute atomic E-state index is 5.77. The van der Waals surface area contributed by atoms with Crippen molar-refractivity contribution in [1.82, 2.24) is 5.43 Å². The Morgan fingerprint density at radius 1 is 1.28 bits per heavy atom.